The Bertz CT molecular complexity index is 381. The van der Waals surface area contributed by atoms with Crippen molar-refractivity contribution in [1.29, 1.82) is 0 Å². The molecular formula is C14H20O3. The molecule has 2 rings (SSSR count). The van der Waals surface area contributed by atoms with Gasteiger partial charge in [0.2, 0.25) is 0 Å². The lowest BCUT2D eigenvalue weighted by Gasteiger charge is -2.31. The van der Waals surface area contributed by atoms with Gasteiger partial charge >= 0.3 is 0 Å². The average molecular weight is 236 g/mol. The van der Waals surface area contributed by atoms with Crippen LogP contribution in [0.3, 0.4) is 0 Å². The zero-order valence-electron chi connectivity index (χ0n) is 10.4. The van der Waals surface area contributed by atoms with Crippen molar-refractivity contribution in [2.45, 2.75) is 44.3 Å². The molecule has 0 saturated heterocycles. The van der Waals surface area contributed by atoms with E-state index in [1.807, 2.05) is 24.3 Å². The van der Waals surface area contributed by atoms with Crippen LogP contribution in [0.4, 0.5) is 0 Å². The first-order valence-electron chi connectivity index (χ1n) is 6.10. The highest BCUT2D eigenvalue weighted by atomic mass is 16.5. The Labute approximate surface area is 102 Å². The molecule has 0 spiro atoms. The monoisotopic (exact) mass is 236 g/mol. The second-order valence-electron chi connectivity index (χ2n) is 5.28. The lowest BCUT2D eigenvalue weighted by Crippen LogP contribution is -2.37. The molecule has 3 heteroatoms. The van der Waals surface area contributed by atoms with Crippen LogP contribution in [0, 0.1) is 0 Å². The Morgan fingerprint density at radius 1 is 1.41 bits per heavy atom. The number of fused-ring (bicyclic) bond motifs is 1. The maximum Gasteiger partial charge on any atom is 0.122 e. The summed E-state index contributed by atoms with van der Waals surface area (Å²) in [5.41, 5.74) is 0.0924. The fourth-order valence-corrected chi connectivity index (χ4v) is 2.22. The van der Waals surface area contributed by atoms with E-state index in [2.05, 4.69) is 0 Å². The number of rotatable bonds is 3. The van der Waals surface area contributed by atoms with Crippen LogP contribution in [-0.2, 0) is 0 Å². The molecule has 1 aliphatic heterocycles. The summed E-state index contributed by atoms with van der Waals surface area (Å²) < 4.78 is 5.58. The third-order valence-electron chi connectivity index (χ3n) is 3.41. The number of benzene rings is 1. The van der Waals surface area contributed by atoms with Gasteiger partial charge in [0.1, 0.15) is 5.75 Å². The molecule has 0 fully saturated rings. The van der Waals surface area contributed by atoms with Gasteiger partial charge in [0.05, 0.1) is 18.3 Å². The summed E-state index contributed by atoms with van der Waals surface area (Å²) in [5, 5.41) is 19.8. The second kappa shape index (κ2) is 4.67. The summed E-state index contributed by atoms with van der Waals surface area (Å²) >= 11 is 0. The van der Waals surface area contributed by atoms with Crippen LogP contribution in [0.2, 0.25) is 0 Å². The summed E-state index contributed by atoms with van der Waals surface area (Å²) in [5.74, 6) is 1.17. The summed E-state index contributed by atoms with van der Waals surface area (Å²) in [6, 6.07) is 7.93. The minimum atomic E-state index is -1.05. The lowest BCUT2D eigenvalue weighted by molar-refractivity contribution is -0.0555. The van der Waals surface area contributed by atoms with Crippen LogP contribution >= 0.6 is 0 Å². The van der Waals surface area contributed by atoms with E-state index in [0.29, 0.717) is 13.0 Å². The Hall–Kier alpha value is -1.06. The van der Waals surface area contributed by atoms with E-state index in [1.165, 1.54) is 0 Å². The standard InChI is InChI=1S/C14H20O3/c1-14(2,16)13(15)9-10-7-8-17-12-6-4-3-5-11(10)12/h3-6,10,13,15-16H,7-9H2,1-2H3. The lowest BCUT2D eigenvalue weighted by atomic mass is 9.84. The fraction of sp³-hybridized carbons (Fsp3) is 0.571. The van der Waals surface area contributed by atoms with Gasteiger partial charge in [-0.15, -0.1) is 0 Å². The van der Waals surface area contributed by atoms with Crippen LogP contribution < -0.4 is 4.74 Å². The van der Waals surface area contributed by atoms with Gasteiger partial charge in [-0.2, -0.15) is 0 Å². The molecule has 0 saturated carbocycles. The molecule has 0 radical (unpaired) electrons. The molecule has 2 N–H and O–H groups in total. The SMILES string of the molecule is CC(C)(O)C(O)CC1CCOc2ccccc21. The number of aliphatic hydroxyl groups excluding tert-OH is 1. The minimum Gasteiger partial charge on any atom is -0.493 e. The molecule has 1 aromatic rings. The molecule has 94 valence electrons. The predicted molar refractivity (Wildman–Crippen MR) is 66.2 cm³/mol. The first-order chi connectivity index (χ1) is 7.98. The fourth-order valence-electron chi connectivity index (χ4n) is 2.22. The van der Waals surface area contributed by atoms with E-state index in [1.54, 1.807) is 13.8 Å². The minimum absolute atomic E-state index is 0.265. The van der Waals surface area contributed by atoms with Gasteiger partial charge in [0.25, 0.3) is 0 Å². The molecule has 1 heterocycles. The summed E-state index contributed by atoms with van der Waals surface area (Å²) in [4.78, 5) is 0. The largest absolute Gasteiger partial charge is 0.493 e. The molecule has 0 aliphatic carbocycles. The van der Waals surface area contributed by atoms with Gasteiger partial charge in [-0.25, -0.2) is 0 Å². The van der Waals surface area contributed by atoms with Crippen LogP contribution in [0.5, 0.6) is 5.75 Å². The maximum absolute atomic E-state index is 9.97. The van der Waals surface area contributed by atoms with Gasteiger partial charge < -0.3 is 14.9 Å². The molecule has 0 aromatic heterocycles. The van der Waals surface area contributed by atoms with Gasteiger partial charge in [-0.1, -0.05) is 18.2 Å². The smallest absolute Gasteiger partial charge is 0.122 e. The van der Waals surface area contributed by atoms with Gasteiger partial charge in [-0.3, -0.25) is 0 Å². The molecule has 17 heavy (non-hydrogen) atoms. The Kier molecular flexibility index (Phi) is 3.40. The van der Waals surface area contributed by atoms with E-state index >= 15 is 0 Å². The molecule has 0 amide bonds. The second-order valence-corrected chi connectivity index (χ2v) is 5.28. The van der Waals surface area contributed by atoms with Crippen LogP contribution in [0.15, 0.2) is 24.3 Å². The average Bonchev–Trinajstić information content (AvgIpc) is 2.28. The van der Waals surface area contributed by atoms with E-state index in [4.69, 9.17) is 4.74 Å². The van der Waals surface area contributed by atoms with E-state index < -0.39 is 11.7 Å². The summed E-state index contributed by atoms with van der Waals surface area (Å²) in [6.07, 6.45) is 0.757. The normalized spacial score (nSPS) is 21.5. The van der Waals surface area contributed by atoms with Crippen molar-refractivity contribution in [2.75, 3.05) is 6.61 Å². The highest BCUT2D eigenvalue weighted by Gasteiger charge is 2.30. The number of hydrogen-bond acceptors (Lipinski definition) is 3. The Morgan fingerprint density at radius 3 is 2.82 bits per heavy atom. The van der Waals surface area contributed by atoms with E-state index in [0.717, 1.165) is 17.7 Å². The number of aliphatic hydroxyl groups is 2. The van der Waals surface area contributed by atoms with Gasteiger partial charge in [0.15, 0.2) is 0 Å². The highest BCUT2D eigenvalue weighted by Crippen LogP contribution is 2.37. The molecule has 3 nitrogen and oxygen atoms in total. The predicted octanol–water partition coefficient (Wildman–Crippen LogP) is 2.07. The molecule has 2 unspecified atom stereocenters. The quantitative estimate of drug-likeness (QED) is 0.844. The summed E-state index contributed by atoms with van der Waals surface area (Å²) in [6.45, 7) is 3.96. The van der Waals surface area contributed by atoms with Crippen molar-refractivity contribution in [3.8, 4) is 5.75 Å². The Morgan fingerprint density at radius 2 is 2.12 bits per heavy atom. The van der Waals surface area contributed by atoms with E-state index in [9.17, 15) is 10.2 Å². The number of hydrogen-bond donors (Lipinski definition) is 2. The molecular weight excluding hydrogens is 216 g/mol. The molecule has 1 aliphatic rings. The Balaban J connectivity index is 2.14. The zero-order valence-corrected chi connectivity index (χ0v) is 10.4. The summed E-state index contributed by atoms with van der Waals surface area (Å²) in [7, 11) is 0. The van der Waals surface area contributed by atoms with Crippen molar-refractivity contribution >= 4 is 0 Å². The number of ether oxygens (including phenoxy) is 1. The molecule has 1 aromatic carbocycles. The molecule has 2 atom stereocenters. The van der Waals surface area contributed by atoms with Gasteiger partial charge in [-0.05, 0) is 44.2 Å². The zero-order chi connectivity index (χ0) is 12.5. The third kappa shape index (κ3) is 2.79. The van der Waals surface area contributed by atoms with Crippen molar-refractivity contribution in [3.05, 3.63) is 29.8 Å². The van der Waals surface area contributed by atoms with Crippen molar-refractivity contribution in [1.82, 2.24) is 0 Å². The van der Waals surface area contributed by atoms with Crippen molar-refractivity contribution in [2.24, 2.45) is 0 Å². The topological polar surface area (TPSA) is 49.7 Å². The number of para-hydroxylation sites is 1. The van der Waals surface area contributed by atoms with E-state index in [-0.39, 0.29) is 5.92 Å². The third-order valence-corrected chi connectivity index (χ3v) is 3.41. The van der Waals surface area contributed by atoms with Crippen LogP contribution in [0.1, 0.15) is 38.2 Å². The van der Waals surface area contributed by atoms with Crippen molar-refractivity contribution < 1.29 is 14.9 Å². The van der Waals surface area contributed by atoms with Gasteiger partial charge in [0, 0.05) is 0 Å². The maximum atomic E-state index is 9.97. The van der Waals surface area contributed by atoms with Crippen LogP contribution in [0.25, 0.3) is 0 Å². The van der Waals surface area contributed by atoms with Crippen molar-refractivity contribution in [3.63, 3.8) is 0 Å². The first kappa shape index (κ1) is 12.4. The molecule has 0 bridgehead atoms. The first-order valence-corrected chi connectivity index (χ1v) is 6.10. The highest BCUT2D eigenvalue weighted by molar-refractivity contribution is 5.37. The van der Waals surface area contributed by atoms with Crippen LogP contribution in [-0.4, -0.2) is 28.5 Å².